The second kappa shape index (κ2) is 17.5. The number of ether oxygens (including phenoxy) is 2. The first-order chi connectivity index (χ1) is 23.3. The van der Waals surface area contributed by atoms with Gasteiger partial charge in [0.25, 0.3) is 5.91 Å². The molecule has 3 N–H and O–H groups in total. The second-order valence-electron chi connectivity index (χ2n) is 12.8. The van der Waals surface area contributed by atoms with Crippen molar-refractivity contribution in [3.05, 3.63) is 89.5 Å². The van der Waals surface area contributed by atoms with E-state index < -0.39 is 23.8 Å². The molecule has 3 aromatic rings. The molecule has 3 amide bonds. The Morgan fingerprint density at radius 1 is 1.02 bits per heavy atom. The number of aliphatic hydroxyl groups is 1. The maximum atomic E-state index is 14.3. The molecule has 0 saturated heterocycles. The van der Waals surface area contributed by atoms with Crippen LogP contribution in [0.15, 0.2) is 72.8 Å². The van der Waals surface area contributed by atoms with Crippen LogP contribution in [0, 0.1) is 5.92 Å². The Hall–Kier alpha value is -4.13. The van der Waals surface area contributed by atoms with Crippen molar-refractivity contribution >= 4 is 23.3 Å². The van der Waals surface area contributed by atoms with Crippen molar-refractivity contribution in [2.24, 2.45) is 5.92 Å². The third kappa shape index (κ3) is 11.2. The van der Waals surface area contributed by atoms with Gasteiger partial charge in [-0.15, -0.1) is 0 Å². The van der Waals surface area contributed by atoms with Gasteiger partial charge in [-0.3, -0.25) is 9.69 Å². The first-order valence-electron chi connectivity index (χ1n) is 16.7. The Kier molecular flexibility index (Phi) is 13.5. The van der Waals surface area contributed by atoms with Crippen LogP contribution >= 0.6 is 0 Å². The number of aliphatic hydroxyl groups excluding tert-OH is 1. The fourth-order valence-electron chi connectivity index (χ4n) is 5.76. The number of para-hydroxylation sites is 1. The van der Waals surface area contributed by atoms with Crippen LogP contribution in [0.1, 0.15) is 61.5 Å². The first kappa shape index (κ1) is 37.7. The fourth-order valence-corrected chi connectivity index (χ4v) is 5.76. The number of halogens is 3. The number of nitrogens with zero attached hydrogens (tertiary/aromatic N) is 2. The summed E-state index contributed by atoms with van der Waals surface area (Å²) >= 11 is 0. The molecule has 266 valence electrons. The molecule has 0 saturated carbocycles. The maximum absolute atomic E-state index is 14.3. The summed E-state index contributed by atoms with van der Waals surface area (Å²) in [6.07, 6.45) is -2.56. The first-order valence-corrected chi connectivity index (χ1v) is 16.7. The molecule has 0 aliphatic carbocycles. The molecule has 0 bridgehead atoms. The molecule has 0 fully saturated rings. The molecule has 1 aliphatic heterocycles. The molecule has 4 atom stereocenters. The van der Waals surface area contributed by atoms with Crippen LogP contribution in [0.3, 0.4) is 0 Å². The van der Waals surface area contributed by atoms with Gasteiger partial charge >= 0.3 is 12.2 Å². The molecular formula is C37H47F3N4O5. The minimum atomic E-state index is -4.40. The number of benzene rings is 3. The Labute approximate surface area is 286 Å². The smallest absolute Gasteiger partial charge is 0.416 e. The summed E-state index contributed by atoms with van der Waals surface area (Å²) in [6.45, 7) is 7.04. The molecule has 1 heterocycles. The molecule has 0 unspecified atom stereocenters. The zero-order valence-corrected chi connectivity index (χ0v) is 28.5. The van der Waals surface area contributed by atoms with Crippen LogP contribution in [0.2, 0.25) is 0 Å². The molecule has 12 heteroatoms. The molecule has 49 heavy (non-hydrogen) atoms. The third-order valence-electron chi connectivity index (χ3n) is 8.57. The molecular weight excluding hydrogens is 637 g/mol. The average Bonchev–Trinajstić information content (AvgIpc) is 3.06. The molecule has 0 spiro atoms. The number of nitrogens with one attached hydrogen (secondary N) is 2. The predicted octanol–water partition coefficient (Wildman–Crippen LogP) is 7.28. The van der Waals surface area contributed by atoms with Gasteiger partial charge < -0.3 is 30.1 Å². The van der Waals surface area contributed by atoms with Gasteiger partial charge in [-0.2, -0.15) is 13.2 Å². The van der Waals surface area contributed by atoms with E-state index in [1.807, 2.05) is 44.0 Å². The number of likely N-dealkylation sites (N-methyl/N-ethyl adjacent to an activating group) is 1. The summed E-state index contributed by atoms with van der Waals surface area (Å²) in [7, 11) is 1.89. The van der Waals surface area contributed by atoms with Crippen molar-refractivity contribution in [2.75, 3.05) is 44.0 Å². The maximum Gasteiger partial charge on any atom is 0.416 e. The van der Waals surface area contributed by atoms with E-state index in [9.17, 15) is 27.9 Å². The van der Waals surface area contributed by atoms with Crippen LogP contribution in [-0.4, -0.2) is 78.4 Å². The summed E-state index contributed by atoms with van der Waals surface area (Å²) in [5, 5.41) is 15.8. The van der Waals surface area contributed by atoms with Gasteiger partial charge in [-0.1, -0.05) is 37.3 Å². The number of fused-ring (bicyclic) bond motifs is 1. The van der Waals surface area contributed by atoms with Crippen molar-refractivity contribution in [3.8, 4) is 5.75 Å². The van der Waals surface area contributed by atoms with E-state index in [0.717, 1.165) is 37.0 Å². The number of anilines is 2. The monoisotopic (exact) mass is 684 g/mol. The number of rotatable bonds is 8. The average molecular weight is 685 g/mol. The number of hydrogen-bond acceptors (Lipinski definition) is 6. The summed E-state index contributed by atoms with van der Waals surface area (Å²) in [4.78, 5) is 30.7. The number of hydrogen-bond donors (Lipinski definition) is 3. The lowest BCUT2D eigenvalue weighted by molar-refractivity contribution is -0.137. The van der Waals surface area contributed by atoms with E-state index in [-0.39, 0.29) is 42.7 Å². The third-order valence-corrected chi connectivity index (χ3v) is 8.57. The van der Waals surface area contributed by atoms with E-state index in [2.05, 4.69) is 10.6 Å². The van der Waals surface area contributed by atoms with Gasteiger partial charge in [0.1, 0.15) is 5.75 Å². The van der Waals surface area contributed by atoms with E-state index in [1.165, 1.54) is 12.1 Å². The topological polar surface area (TPSA) is 103 Å². The molecule has 3 aromatic carbocycles. The Balaban J connectivity index is 1.56. The lowest BCUT2D eigenvalue weighted by Crippen LogP contribution is -2.47. The van der Waals surface area contributed by atoms with Crippen molar-refractivity contribution in [3.63, 3.8) is 0 Å². The van der Waals surface area contributed by atoms with Crippen molar-refractivity contribution < 1.29 is 37.3 Å². The minimum absolute atomic E-state index is 0.183. The van der Waals surface area contributed by atoms with Crippen LogP contribution in [0.5, 0.6) is 5.75 Å². The number of carbonyl (C=O) groups excluding carboxylic acids is 2. The SMILES string of the molecule is C[C@@H]1CN([C@H](C)CO)C(=O)c2cc(NC(=O)Nc3ccccc3)ccc2O[C@@H](C)CCCCO[C@H]1CN(C)Cc1ccc(C(F)(F)F)cc1. The van der Waals surface area contributed by atoms with Crippen LogP contribution in [0.25, 0.3) is 0 Å². The van der Waals surface area contributed by atoms with Crippen LogP contribution < -0.4 is 15.4 Å². The number of amides is 3. The second-order valence-corrected chi connectivity index (χ2v) is 12.8. The standard InChI is InChI=1S/C37H47F3N4O5/c1-25-21-44(26(2)24-45)35(46)32-20-31(42-36(47)41-30-11-6-5-7-12-30)17-18-33(32)49-27(3)10-8-9-19-48-34(25)23-43(4)22-28-13-15-29(16-14-28)37(38,39)40/h5-7,11-18,20,25-27,34,45H,8-10,19,21-24H2,1-4H3,(H2,41,42,47)/t25-,26-,27+,34+/m1/s1. The molecule has 4 rings (SSSR count). The molecule has 9 nitrogen and oxygen atoms in total. The Morgan fingerprint density at radius 3 is 2.39 bits per heavy atom. The summed E-state index contributed by atoms with van der Waals surface area (Å²) < 4.78 is 51.8. The van der Waals surface area contributed by atoms with Gasteiger partial charge in [-0.25, -0.2) is 4.79 Å². The lowest BCUT2D eigenvalue weighted by Gasteiger charge is -2.36. The van der Waals surface area contributed by atoms with E-state index in [1.54, 1.807) is 42.2 Å². The quantitative estimate of drug-likeness (QED) is 0.231. The Morgan fingerprint density at radius 2 is 1.71 bits per heavy atom. The summed E-state index contributed by atoms with van der Waals surface area (Å²) in [5.74, 6) is -0.163. The summed E-state index contributed by atoms with van der Waals surface area (Å²) in [6, 6.07) is 18.1. The van der Waals surface area contributed by atoms with Crippen LogP contribution in [0.4, 0.5) is 29.3 Å². The number of carbonyl (C=O) groups is 2. The zero-order valence-electron chi connectivity index (χ0n) is 28.5. The van der Waals surface area contributed by atoms with Crippen molar-refractivity contribution in [1.82, 2.24) is 9.80 Å². The largest absolute Gasteiger partial charge is 0.490 e. The number of alkyl halides is 3. The van der Waals surface area contributed by atoms with Crippen molar-refractivity contribution in [2.45, 2.75) is 71.0 Å². The number of urea groups is 1. The fraction of sp³-hybridized carbons (Fsp3) is 0.459. The Bertz CT molecular complexity index is 1510. The van der Waals surface area contributed by atoms with E-state index >= 15 is 0 Å². The van der Waals surface area contributed by atoms with Gasteiger partial charge in [0.05, 0.1) is 36.0 Å². The van der Waals surface area contributed by atoms with E-state index in [0.29, 0.717) is 36.8 Å². The highest BCUT2D eigenvalue weighted by atomic mass is 19.4. The zero-order chi connectivity index (χ0) is 35.6. The lowest BCUT2D eigenvalue weighted by atomic mass is 10.0. The van der Waals surface area contributed by atoms with Gasteiger partial charge in [0.2, 0.25) is 0 Å². The molecule has 1 aliphatic rings. The highest BCUT2D eigenvalue weighted by Crippen LogP contribution is 2.30. The molecule has 0 aromatic heterocycles. The van der Waals surface area contributed by atoms with Gasteiger partial charge in [0.15, 0.2) is 0 Å². The normalized spacial score (nSPS) is 20.1. The van der Waals surface area contributed by atoms with Crippen LogP contribution in [-0.2, 0) is 17.5 Å². The van der Waals surface area contributed by atoms with Gasteiger partial charge in [-0.05, 0) is 88.2 Å². The van der Waals surface area contributed by atoms with Gasteiger partial charge in [0, 0.05) is 43.5 Å². The highest BCUT2D eigenvalue weighted by Gasteiger charge is 2.32. The highest BCUT2D eigenvalue weighted by molar-refractivity contribution is 6.02. The predicted molar refractivity (Wildman–Crippen MR) is 184 cm³/mol. The van der Waals surface area contributed by atoms with E-state index in [4.69, 9.17) is 9.47 Å². The minimum Gasteiger partial charge on any atom is -0.490 e. The molecule has 0 radical (unpaired) electrons. The van der Waals surface area contributed by atoms with Crippen molar-refractivity contribution in [1.29, 1.82) is 0 Å². The summed E-state index contributed by atoms with van der Waals surface area (Å²) in [5.41, 5.74) is 1.32.